The predicted octanol–water partition coefficient (Wildman–Crippen LogP) is 3.12. The first-order chi connectivity index (χ1) is 12.2. The molecule has 1 aliphatic heterocycles. The molecule has 2 N–H and O–H groups in total. The maximum atomic E-state index is 12.2. The van der Waals surface area contributed by atoms with E-state index in [4.69, 9.17) is 0 Å². The summed E-state index contributed by atoms with van der Waals surface area (Å²) >= 11 is 0. The van der Waals surface area contributed by atoms with Gasteiger partial charge >= 0.3 is 0 Å². The van der Waals surface area contributed by atoms with Gasteiger partial charge in [0.25, 0.3) is 0 Å². The van der Waals surface area contributed by atoms with Crippen LogP contribution in [0.2, 0.25) is 0 Å². The van der Waals surface area contributed by atoms with Crippen LogP contribution in [0.3, 0.4) is 0 Å². The van der Waals surface area contributed by atoms with E-state index in [0.717, 1.165) is 5.71 Å². The third-order valence-electron chi connectivity index (χ3n) is 5.34. The Labute approximate surface area is 149 Å². The fourth-order valence-electron chi connectivity index (χ4n) is 3.88. The molecule has 1 fully saturated rings. The molecule has 1 aromatic carbocycles. The molecule has 3 rings (SSSR count). The fraction of sp³-hybridized carbons (Fsp3) is 0.550. The van der Waals surface area contributed by atoms with E-state index >= 15 is 0 Å². The molecule has 0 aromatic heterocycles. The van der Waals surface area contributed by atoms with Crippen LogP contribution in [0.1, 0.15) is 62.8 Å². The van der Waals surface area contributed by atoms with Gasteiger partial charge in [-0.25, -0.2) is 5.43 Å². The molecule has 5 nitrogen and oxygen atoms in total. The number of nitrogens with one attached hydrogen (secondary N) is 2. The van der Waals surface area contributed by atoms with E-state index in [1.165, 1.54) is 31.2 Å². The highest BCUT2D eigenvalue weighted by Crippen LogP contribution is 2.36. The lowest BCUT2D eigenvalue weighted by atomic mass is 9.85. The number of nitrogens with zero attached hydrogens (tertiary/aromatic N) is 1. The molecule has 0 spiro atoms. The first kappa shape index (κ1) is 17.6. The molecule has 5 heteroatoms. The molecule has 1 saturated carbocycles. The van der Waals surface area contributed by atoms with Gasteiger partial charge in [-0.1, -0.05) is 43.2 Å². The summed E-state index contributed by atoms with van der Waals surface area (Å²) in [7, 11) is 0. The van der Waals surface area contributed by atoms with Gasteiger partial charge in [0.2, 0.25) is 11.8 Å². The quantitative estimate of drug-likeness (QED) is 0.800. The lowest BCUT2D eigenvalue weighted by molar-refractivity contribution is -0.121. The van der Waals surface area contributed by atoms with Gasteiger partial charge in [0, 0.05) is 31.0 Å². The molecule has 0 radical (unpaired) electrons. The Kier molecular flexibility index (Phi) is 6.20. The van der Waals surface area contributed by atoms with Crippen LogP contribution in [0.4, 0.5) is 0 Å². The van der Waals surface area contributed by atoms with Crippen LogP contribution in [0.25, 0.3) is 0 Å². The van der Waals surface area contributed by atoms with Crippen molar-refractivity contribution in [2.24, 2.45) is 11.0 Å². The summed E-state index contributed by atoms with van der Waals surface area (Å²) in [6.07, 6.45) is 7.29. The summed E-state index contributed by atoms with van der Waals surface area (Å²) in [6.45, 7) is 0.705. The van der Waals surface area contributed by atoms with Gasteiger partial charge < -0.3 is 5.32 Å². The highest BCUT2D eigenvalue weighted by molar-refractivity contribution is 5.94. The van der Waals surface area contributed by atoms with Crippen molar-refractivity contribution in [3.05, 3.63) is 35.9 Å². The van der Waals surface area contributed by atoms with Gasteiger partial charge in [-0.2, -0.15) is 5.10 Å². The third-order valence-corrected chi connectivity index (χ3v) is 5.34. The zero-order chi connectivity index (χ0) is 17.5. The first-order valence-electron chi connectivity index (χ1n) is 9.38. The molecular weight excluding hydrogens is 314 g/mol. The molecular formula is C20H27N3O2. The second kappa shape index (κ2) is 8.79. The van der Waals surface area contributed by atoms with Crippen LogP contribution in [0.5, 0.6) is 0 Å². The third kappa shape index (κ3) is 5.15. The van der Waals surface area contributed by atoms with E-state index in [1.807, 2.05) is 6.07 Å². The topological polar surface area (TPSA) is 70.6 Å². The van der Waals surface area contributed by atoms with Crippen molar-refractivity contribution in [1.29, 1.82) is 0 Å². The Balaban J connectivity index is 1.50. The summed E-state index contributed by atoms with van der Waals surface area (Å²) in [4.78, 5) is 23.3. The van der Waals surface area contributed by atoms with Crippen molar-refractivity contribution in [2.75, 3.05) is 6.54 Å². The van der Waals surface area contributed by atoms with Crippen molar-refractivity contribution in [3.8, 4) is 0 Å². The summed E-state index contributed by atoms with van der Waals surface area (Å²) in [5.41, 5.74) is 4.72. The molecule has 0 bridgehead atoms. The molecule has 1 aliphatic carbocycles. The molecule has 0 saturated heterocycles. The summed E-state index contributed by atoms with van der Waals surface area (Å²) in [5.74, 6) is 1.09. The number of rotatable bonds is 7. The number of hydrogen-bond acceptors (Lipinski definition) is 3. The van der Waals surface area contributed by atoms with Crippen LogP contribution in [0.15, 0.2) is 35.4 Å². The normalized spacial score (nSPS) is 19.2. The maximum absolute atomic E-state index is 12.2. The number of hydrazone groups is 1. The minimum absolute atomic E-state index is 0.0459. The largest absolute Gasteiger partial charge is 0.355 e. The molecule has 134 valence electrons. The molecule has 1 heterocycles. The van der Waals surface area contributed by atoms with Gasteiger partial charge in [0.05, 0.1) is 0 Å². The zero-order valence-electron chi connectivity index (χ0n) is 14.7. The van der Waals surface area contributed by atoms with Gasteiger partial charge in [0.15, 0.2) is 0 Å². The highest BCUT2D eigenvalue weighted by atomic mass is 16.2. The van der Waals surface area contributed by atoms with Crippen molar-refractivity contribution < 1.29 is 9.59 Å². The Morgan fingerprint density at radius 1 is 1.20 bits per heavy atom. The fourth-order valence-corrected chi connectivity index (χ4v) is 3.88. The van der Waals surface area contributed by atoms with Gasteiger partial charge in [0.1, 0.15) is 0 Å². The Bertz CT molecular complexity index is 621. The lowest BCUT2D eigenvalue weighted by Crippen LogP contribution is -2.32. The standard InChI is InChI=1S/C20H27N3O2/c24-19(12-10-17-11-13-20(25)23-22-17)21-14-18(16-8-4-5-9-16)15-6-2-1-3-7-15/h1-3,6-7,16,18H,4-5,8-14H2,(H,21,24)(H,23,25)/t18-/m0/s1. The molecule has 1 atom stereocenters. The minimum Gasteiger partial charge on any atom is -0.355 e. The summed E-state index contributed by atoms with van der Waals surface area (Å²) in [6, 6.07) is 10.5. The summed E-state index contributed by atoms with van der Waals surface area (Å²) < 4.78 is 0. The number of carbonyl (C=O) groups excluding carboxylic acids is 2. The van der Waals surface area contributed by atoms with Crippen LogP contribution < -0.4 is 10.7 Å². The number of carbonyl (C=O) groups is 2. The van der Waals surface area contributed by atoms with E-state index in [0.29, 0.717) is 44.1 Å². The van der Waals surface area contributed by atoms with E-state index in [-0.39, 0.29) is 11.8 Å². The second-order valence-corrected chi connectivity index (χ2v) is 7.08. The van der Waals surface area contributed by atoms with Gasteiger partial charge in [-0.05, 0) is 37.2 Å². The van der Waals surface area contributed by atoms with E-state index < -0.39 is 0 Å². The number of hydrogen-bond donors (Lipinski definition) is 2. The smallest absolute Gasteiger partial charge is 0.240 e. The SMILES string of the molecule is O=C(CCC1=NNC(=O)CC1)NC[C@@H](c1ccccc1)C1CCCC1. The second-order valence-electron chi connectivity index (χ2n) is 7.08. The van der Waals surface area contributed by atoms with Crippen LogP contribution in [-0.2, 0) is 9.59 Å². The van der Waals surface area contributed by atoms with Crippen molar-refractivity contribution >= 4 is 17.5 Å². The molecule has 0 unspecified atom stereocenters. The van der Waals surface area contributed by atoms with E-state index in [9.17, 15) is 9.59 Å². The van der Waals surface area contributed by atoms with E-state index in [2.05, 4.69) is 40.1 Å². The van der Waals surface area contributed by atoms with E-state index in [1.54, 1.807) is 0 Å². The van der Waals surface area contributed by atoms with Crippen LogP contribution in [0, 0.1) is 5.92 Å². The number of benzene rings is 1. The first-order valence-corrected chi connectivity index (χ1v) is 9.38. The van der Waals surface area contributed by atoms with Crippen molar-refractivity contribution in [1.82, 2.24) is 10.7 Å². The number of amides is 2. The Morgan fingerprint density at radius 3 is 2.64 bits per heavy atom. The average Bonchev–Trinajstić information content (AvgIpc) is 3.17. The Hall–Kier alpha value is -2.17. The van der Waals surface area contributed by atoms with Crippen molar-refractivity contribution in [3.63, 3.8) is 0 Å². The van der Waals surface area contributed by atoms with Crippen molar-refractivity contribution in [2.45, 2.75) is 57.3 Å². The Morgan fingerprint density at radius 2 is 1.96 bits per heavy atom. The molecule has 2 aliphatic rings. The summed E-state index contributed by atoms with van der Waals surface area (Å²) in [5, 5.41) is 7.15. The molecule has 1 aromatic rings. The average molecular weight is 341 g/mol. The molecule has 25 heavy (non-hydrogen) atoms. The predicted molar refractivity (Wildman–Crippen MR) is 98.2 cm³/mol. The monoisotopic (exact) mass is 341 g/mol. The zero-order valence-corrected chi connectivity index (χ0v) is 14.7. The van der Waals surface area contributed by atoms with Crippen LogP contribution >= 0.6 is 0 Å². The lowest BCUT2D eigenvalue weighted by Gasteiger charge is -2.24. The van der Waals surface area contributed by atoms with Gasteiger partial charge in [-0.3, -0.25) is 9.59 Å². The van der Waals surface area contributed by atoms with Gasteiger partial charge in [-0.15, -0.1) is 0 Å². The minimum atomic E-state index is -0.0459. The maximum Gasteiger partial charge on any atom is 0.240 e. The molecule has 2 amide bonds. The highest BCUT2D eigenvalue weighted by Gasteiger charge is 2.26. The van der Waals surface area contributed by atoms with Crippen LogP contribution in [-0.4, -0.2) is 24.1 Å².